The number of amides is 1. The molecule has 218 valence electrons. The first-order valence-corrected chi connectivity index (χ1v) is 13.4. The number of nitrogens with one attached hydrogen (secondary N) is 2. The van der Waals surface area contributed by atoms with Gasteiger partial charge in [0, 0.05) is 55.3 Å². The topological polar surface area (TPSA) is 90.6 Å². The number of rotatable bonds is 7. The highest BCUT2D eigenvalue weighted by Gasteiger charge is 2.36. The number of nitrogens with zero attached hydrogens (tertiary/aromatic N) is 3. The Morgan fingerprint density at radius 3 is 2.51 bits per heavy atom. The van der Waals surface area contributed by atoms with E-state index < -0.39 is 34.6 Å². The summed E-state index contributed by atoms with van der Waals surface area (Å²) in [7, 11) is 1.99. The van der Waals surface area contributed by atoms with Crippen LogP contribution in [0, 0.1) is 11.7 Å². The molecule has 2 N–H and O–H groups in total. The monoisotopic (exact) mass is 573 g/mol. The Morgan fingerprint density at radius 2 is 1.85 bits per heavy atom. The number of ether oxygens (including phenoxy) is 1. The second-order valence-electron chi connectivity index (χ2n) is 10.8. The minimum Gasteiger partial charge on any atom is -0.477 e. The Balaban J connectivity index is 1.55. The third-order valence-electron chi connectivity index (χ3n) is 7.72. The molecule has 1 amide bonds. The quantitative estimate of drug-likeness (QED) is 0.380. The number of hydrogen-bond donors (Lipinski definition) is 2. The van der Waals surface area contributed by atoms with Gasteiger partial charge < -0.3 is 19.9 Å². The average molecular weight is 574 g/mol. The molecule has 2 aliphatic rings. The zero-order chi connectivity index (χ0) is 29.5. The molecule has 3 aromatic rings. The molecule has 0 radical (unpaired) electrons. The molecule has 1 saturated heterocycles. The van der Waals surface area contributed by atoms with Crippen molar-refractivity contribution < 1.29 is 27.1 Å². The fourth-order valence-electron chi connectivity index (χ4n) is 4.97. The normalized spacial score (nSPS) is 19.7. The fraction of sp³-hybridized carbons (Fsp3) is 0.414. The van der Waals surface area contributed by atoms with Gasteiger partial charge in [-0.1, -0.05) is 0 Å². The van der Waals surface area contributed by atoms with Crippen molar-refractivity contribution in [1.82, 2.24) is 14.9 Å². The third-order valence-corrected chi connectivity index (χ3v) is 7.72. The molecule has 1 aliphatic carbocycles. The highest BCUT2D eigenvalue weighted by atomic mass is 19.4. The van der Waals surface area contributed by atoms with Gasteiger partial charge in [0.2, 0.25) is 11.4 Å². The zero-order valence-corrected chi connectivity index (χ0v) is 22.9. The summed E-state index contributed by atoms with van der Waals surface area (Å²) in [4.78, 5) is 35.3. The number of aromatic nitrogens is 2. The van der Waals surface area contributed by atoms with E-state index in [1.54, 1.807) is 12.1 Å². The number of pyridine rings is 2. The van der Waals surface area contributed by atoms with Gasteiger partial charge in [-0.3, -0.25) is 14.5 Å². The van der Waals surface area contributed by atoms with Gasteiger partial charge in [-0.2, -0.15) is 13.2 Å². The van der Waals surface area contributed by atoms with Crippen LogP contribution in [0.3, 0.4) is 0 Å². The lowest BCUT2D eigenvalue weighted by Gasteiger charge is -2.44. The van der Waals surface area contributed by atoms with Gasteiger partial charge in [0.25, 0.3) is 5.91 Å². The molecule has 0 unspecified atom stereocenters. The second-order valence-corrected chi connectivity index (χ2v) is 10.8. The molecule has 0 spiro atoms. The Bertz CT molecular complexity index is 1490. The standard InChI is InChI=1S/C29H31F4N5O3/c1-16-13-38(14-17(2)37(16)3)25-11-23(30)20(19-6-7-34-27(8-19)41-15-18-4-5-18)9-24(25)36-28(40)21-12-35-26(39)10-22(21)29(31,32)33/h6-12,16-18H,4-5,13-15H2,1-3H3,(H,35,39)(H,36,40)/t16-,17+. The Kier molecular flexibility index (Phi) is 7.78. The van der Waals surface area contributed by atoms with E-state index in [1.165, 1.54) is 18.3 Å². The summed E-state index contributed by atoms with van der Waals surface area (Å²) in [6.45, 7) is 5.55. The summed E-state index contributed by atoms with van der Waals surface area (Å²) < 4.78 is 62.6. The number of benzene rings is 1. The molecule has 41 heavy (non-hydrogen) atoms. The molecule has 2 aromatic heterocycles. The van der Waals surface area contributed by atoms with E-state index in [0.717, 1.165) is 19.0 Å². The first-order valence-electron chi connectivity index (χ1n) is 13.4. The third kappa shape index (κ3) is 6.37. The van der Waals surface area contributed by atoms with Crippen molar-refractivity contribution >= 4 is 17.3 Å². The molecule has 5 rings (SSSR count). The van der Waals surface area contributed by atoms with Crippen LogP contribution < -0.4 is 20.5 Å². The molecule has 2 atom stereocenters. The van der Waals surface area contributed by atoms with Crippen LogP contribution in [-0.2, 0) is 6.18 Å². The molecule has 3 heterocycles. The van der Waals surface area contributed by atoms with Crippen molar-refractivity contribution in [2.75, 3.05) is 37.0 Å². The summed E-state index contributed by atoms with van der Waals surface area (Å²) in [5, 5.41) is 2.57. The van der Waals surface area contributed by atoms with Crippen LogP contribution in [0.15, 0.2) is 47.5 Å². The lowest BCUT2D eigenvalue weighted by atomic mass is 10.0. The van der Waals surface area contributed by atoms with E-state index in [1.807, 2.05) is 25.8 Å². The van der Waals surface area contributed by atoms with E-state index in [4.69, 9.17) is 4.74 Å². The summed E-state index contributed by atoms with van der Waals surface area (Å²) in [6.07, 6.45) is -0.532. The van der Waals surface area contributed by atoms with Gasteiger partial charge in [-0.15, -0.1) is 0 Å². The number of halogens is 4. The number of hydrogen-bond acceptors (Lipinski definition) is 6. The number of alkyl halides is 3. The molecule has 2 fully saturated rings. The lowest BCUT2D eigenvalue weighted by molar-refractivity contribution is -0.138. The van der Waals surface area contributed by atoms with E-state index in [0.29, 0.717) is 48.8 Å². The number of anilines is 2. The summed E-state index contributed by atoms with van der Waals surface area (Å²) in [6, 6.07) is 6.41. The molecule has 1 saturated carbocycles. The van der Waals surface area contributed by atoms with Crippen LogP contribution in [0.25, 0.3) is 11.1 Å². The van der Waals surface area contributed by atoms with E-state index in [9.17, 15) is 22.8 Å². The second kappa shape index (κ2) is 11.2. The average Bonchev–Trinajstić information content (AvgIpc) is 3.75. The number of H-pyrrole nitrogens is 1. The number of likely N-dealkylation sites (N-methyl/N-ethyl adjacent to an activating group) is 1. The predicted molar refractivity (Wildman–Crippen MR) is 147 cm³/mol. The maximum atomic E-state index is 15.7. The molecular formula is C29H31F4N5O3. The largest absolute Gasteiger partial charge is 0.477 e. The predicted octanol–water partition coefficient (Wildman–Crippen LogP) is 5.16. The number of piperazine rings is 1. The highest BCUT2D eigenvalue weighted by Crippen LogP contribution is 2.38. The van der Waals surface area contributed by atoms with Crippen molar-refractivity contribution in [3.8, 4) is 17.0 Å². The van der Waals surface area contributed by atoms with Crippen LogP contribution in [0.4, 0.5) is 28.9 Å². The lowest BCUT2D eigenvalue weighted by Crippen LogP contribution is -2.55. The maximum Gasteiger partial charge on any atom is 0.417 e. The van der Waals surface area contributed by atoms with Crippen molar-refractivity contribution in [3.63, 3.8) is 0 Å². The van der Waals surface area contributed by atoms with Crippen LogP contribution in [0.2, 0.25) is 0 Å². The van der Waals surface area contributed by atoms with Crippen molar-refractivity contribution in [3.05, 3.63) is 70.0 Å². The molecule has 12 heteroatoms. The Hall–Kier alpha value is -3.93. The smallest absolute Gasteiger partial charge is 0.417 e. The van der Waals surface area contributed by atoms with Crippen molar-refractivity contribution in [1.29, 1.82) is 0 Å². The molecule has 1 aromatic carbocycles. The number of carbonyl (C=O) groups excluding carboxylic acids is 1. The summed E-state index contributed by atoms with van der Waals surface area (Å²) in [5.41, 5.74) is -2.09. The SMILES string of the molecule is C[C@@H]1CN(c2cc(F)c(-c3ccnc(OCC4CC4)c3)cc2NC(=O)c2c[nH]c(=O)cc2C(F)(F)F)C[C@H](C)N1C. The van der Waals surface area contributed by atoms with Crippen LogP contribution in [-0.4, -0.2) is 59.6 Å². The molecule has 1 aliphatic heterocycles. The Labute approximate surface area is 234 Å². The van der Waals surface area contributed by atoms with Crippen LogP contribution in [0.1, 0.15) is 42.6 Å². The van der Waals surface area contributed by atoms with Gasteiger partial charge >= 0.3 is 6.18 Å². The van der Waals surface area contributed by atoms with E-state index >= 15 is 4.39 Å². The fourth-order valence-corrected chi connectivity index (χ4v) is 4.97. The minimum absolute atomic E-state index is 0.0902. The highest BCUT2D eigenvalue weighted by molar-refractivity contribution is 6.07. The van der Waals surface area contributed by atoms with Gasteiger partial charge in [0.15, 0.2) is 0 Å². The zero-order valence-electron chi connectivity index (χ0n) is 22.9. The van der Waals surface area contributed by atoms with Gasteiger partial charge in [0.05, 0.1) is 29.1 Å². The number of carbonyl (C=O) groups is 1. The number of aromatic amines is 1. The Morgan fingerprint density at radius 1 is 1.15 bits per heavy atom. The first kappa shape index (κ1) is 28.6. The van der Waals surface area contributed by atoms with Gasteiger partial charge in [0.1, 0.15) is 5.82 Å². The minimum atomic E-state index is -4.94. The molecule has 0 bridgehead atoms. The molecule has 8 nitrogen and oxygen atoms in total. The van der Waals surface area contributed by atoms with Crippen LogP contribution in [0.5, 0.6) is 5.88 Å². The van der Waals surface area contributed by atoms with Crippen molar-refractivity contribution in [2.45, 2.75) is 44.9 Å². The van der Waals surface area contributed by atoms with Crippen molar-refractivity contribution in [2.24, 2.45) is 5.92 Å². The van der Waals surface area contributed by atoms with Gasteiger partial charge in [-0.25, -0.2) is 9.37 Å². The van der Waals surface area contributed by atoms with Gasteiger partial charge in [-0.05, 0) is 63.4 Å². The van der Waals surface area contributed by atoms with E-state index in [-0.39, 0.29) is 23.3 Å². The summed E-state index contributed by atoms with van der Waals surface area (Å²) >= 11 is 0. The summed E-state index contributed by atoms with van der Waals surface area (Å²) in [5.74, 6) is -0.850. The molecular weight excluding hydrogens is 542 g/mol. The first-order chi connectivity index (χ1) is 19.4. The maximum absolute atomic E-state index is 15.7. The van der Waals surface area contributed by atoms with Crippen LogP contribution >= 0.6 is 0 Å². The van der Waals surface area contributed by atoms with E-state index in [2.05, 4.69) is 20.2 Å².